The van der Waals surface area contributed by atoms with Gasteiger partial charge in [0.05, 0.1) is 11.9 Å². The number of nitrogens with one attached hydrogen (secondary N) is 2. The second-order valence-corrected chi connectivity index (χ2v) is 6.71. The number of aromatic nitrogens is 3. The molecule has 2 N–H and O–H groups in total. The molecule has 1 aromatic carbocycles. The molecule has 5 nitrogen and oxygen atoms in total. The number of aromatic amines is 1. The first-order valence-electron chi connectivity index (χ1n) is 8.04. The Labute approximate surface area is 162 Å². The summed E-state index contributed by atoms with van der Waals surface area (Å²) in [6.07, 6.45) is -1.13. The molecular weight excluding hydrogens is 425 g/mol. The molecule has 3 rings (SSSR count). The van der Waals surface area contributed by atoms with Crippen molar-refractivity contribution in [3.05, 3.63) is 64.4 Å². The number of hydrogen-bond acceptors (Lipinski definition) is 4. The molecule has 0 unspecified atom stereocenters. The molecule has 9 heteroatoms. The molecule has 0 fully saturated rings. The molecule has 0 aliphatic rings. The maximum atomic E-state index is 12.1. The molecule has 0 radical (unpaired) electrons. The first kappa shape index (κ1) is 19.4. The Morgan fingerprint density at radius 2 is 1.96 bits per heavy atom. The summed E-state index contributed by atoms with van der Waals surface area (Å²) < 4.78 is 41.9. The molecule has 0 bridgehead atoms. The smallest absolute Gasteiger partial charge is 0.422 e. The Morgan fingerprint density at radius 3 is 2.67 bits per heavy atom. The third-order valence-corrected chi connectivity index (χ3v) is 4.15. The third kappa shape index (κ3) is 5.80. The van der Waals surface area contributed by atoms with Crippen LogP contribution in [-0.4, -0.2) is 28.0 Å². The standard InChI is InChI=1S/C18H16BrF3N4O/c19-15-3-1-2-13(6-15)17-14(10-25-26-17)9-23-7-12-4-5-16(24-8-12)27-11-18(20,21)22/h1-6,8,10,23H,7,9,11H2,(H,25,26). The van der Waals surface area contributed by atoms with E-state index in [9.17, 15) is 13.2 Å². The van der Waals surface area contributed by atoms with Crippen molar-refractivity contribution in [2.45, 2.75) is 19.3 Å². The Morgan fingerprint density at radius 1 is 1.11 bits per heavy atom. The molecule has 27 heavy (non-hydrogen) atoms. The van der Waals surface area contributed by atoms with Crippen LogP contribution in [0.25, 0.3) is 11.3 Å². The van der Waals surface area contributed by atoms with E-state index in [-0.39, 0.29) is 5.88 Å². The number of H-pyrrole nitrogens is 1. The molecule has 0 amide bonds. The molecule has 2 heterocycles. The zero-order valence-electron chi connectivity index (χ0n) is 14.1. The van der Waals surface area contributed by atoms with Crippen LogP contribution in [0, 0.1) is 0 Å². The number of pyridine rings is 1. The van der Waals surface area contributed by atoms with Gasteiger partial charge in [-0.2, -0.15) is 18.3 Å². The quantitative estimate of drug-likeness (QED) is 0.568. The number of hydrogen-bond donors (Lipinski definition) is 2. The second-order valence-electron chi connectivity index (χ2n) is 5.79. The van der Waals surface area contributed by atoms with Crippen LogP contribution < -0.4 is 10.1 Å². The minimum atomic E-state index is -4.38. The van der Waals surface area contributed by atoms with Crippen LogP contribution >= 0.6 is 15.9 Å². The van der Waals surface area contributed by atoms with E-state index in [1.165, 1.54) is 12.3 Å². The summed E-state index contributed by atoms with van der Waals surface area (Å²) in [6.45, 7) is -0.267. The highest BCUT2D eigenvalue weighted by molar-refractivity contribution is 9.10. The third-order valence-electron chi connectivity index (χ3n) is 3.66. The van der Waals surface area contributed by atoms with E-state index in [1.54, 1.807) is 12.3 Å². The highest BCUT2D eigenvalue weighted by Crippen LogP contribution is 2.24. The zero-order valence-corrected chi connectivity index (χ0v) is 15.6. The van der Waals surface area contributed by atoms with E-state index < -0.39 is 12.8 Å². The summed E-state index contributed by atoms with van der Waals surface area (Å²) in [5, 5.41) is 10.4. The summed E-state index contributed by atoms with van der Waals surface area (Å²) in [5.74, 6) is -0.0529. The summed E-state index contributed by atoms with van der Waals surface area (Å²) >= 11 is 3.45. The largest absolute Gasteiger partial charge is 0.468 e. The average Bonchev–Trinajstić information content (AvgIpc) is 3.09. The molecular formula is C18H16BrF3N4O. The number of benzene rings is 1. The van der Waals surface area contributed by atoms with E-state index in [0.29, 0.717) is 13.1 Å². The zero-order chi connectivity index (χ0) is 19.3. The van der Waals surface area contributed by atoms with Crippen molar-refractivity contribution in [2.24, 2.45) is 0 Å². The molecule has 142 valence electrons. The van der Waals surface area contributed by atoms with E-state index in [4.69, 9.17) is 0 Å². The minimum absolute atomic E-state index is 0.0529. The van der Waals surface area contributed by atoms with Crippen LogP contribution in [0.15, 0.2) is 53.3 Å². The topological polar surface area (TPSA) is 62.8 Å². The van der Waals surface area contributed by atoms with Crippen molar-refractivity contribution in [1.82, 2.24) is 20.5 Å². The van der Waals surface area contributed by atoms with E-state index in [2.05, 4.69) is 41.2 Å². The fraction of sp³-hybridized carbons (Fsp3) is 0.222. The molecule has 0 saturated carbocycles. The van der Waals surface area contributed by atoms with Gasteiger partial charge in [0, 0.05) is 41.0 Å². The van der Waals surface area contributed by atoms with Crippen LogP contribution in [0.5, 0.6) is 5.88 Å². The van der Waals surface area contributed by atoms with Crippen molar-refractivity contribution >= 4 is 15.9 Å². The van der Waals surface area contributed by atoms with Crippen molar-refractivity contribution in [3.63, 3.8) is 0 Å². The van der Waals surface area contributed by atoms with Gasteiger partial charge in [0.15, 0.2) is 6.61 Å². The first-order valence-corrected chi connectivity index (χ1v) is 8.83. The van der Waals surface area contributed by atoms with Gasteiger partial charge in [-0.25, -0.2) is 4.98 Å². The van der Waals surface area contributed by atoms with Gasteiger partial charge >= 0.3 is 6.18 Å². The minimum Gasteiger partial charge on any atom is -0.468 e. The number of rotatable bonds is 7. The fourth-order valence-corrected chi connectivity index (χ4v) is 2.84. The lowest BCUT2D eigenvalue weighted by molar-refractivity contribution is -0.154. The van der Waals surface area contributed by atoms with Gasteiger partial charge in [0.1, 0.15) is 0 Å². The van der Waals surface area contributed by atoms with Crippen LogP contribution in [0.1, 0.15) is 11.1 Å². The summed E-state index contributed by atoms with van der Waals surface area (Å²) in [4.78, 5) is 3.89. The average molecular weight is 441 g/mol. The lowest BCUT2D eigenvalue weighted by Crippen LogP contribution is -2.19. The van der Waals surface area contributed by atoms with E-state index in [1.807, 2.05) is 24.3 Å². The van der Waals surface area contributed by atoms with Crippen molar-refractivity contribution in [3.8, 4) is 17.1 Å². The van der Waals surface area contributed by atoms with Crippen LogP contribution in [0.4, 0.5) is 13.2 Å². The monoisotopic (exact) mass is 440 g/mol. The van der Waals surface area contributed by atoms with Gasteiger partial charge in [-0.05, 0) is 17.7 Å². The second kappa shape index (κ2) is 8.53. The van der Waals surface area contributed by atoms with Crippen molar-refractivity contribution in [2.75, 3.05) is 6.61 Å². The number of halogens is 4. The maximum Gasteiger partial charge on any atom is 0.422 e. The predicted octanol–water partition coefficient (Wildman–Crippen LogP) is 4.47. The van der Waals surface area contributed by atoms with Crippen LogP contribution in [0.2, 0.25) is 0 Å². The van der Waals surface area contributed by atoms with Gasteiger partial charge in [0.2, 0.25) is 5.88 Å². The van der Waals surface area contributed by atoms with Crippen molar-refractivity contribution in [1.29, 1.82) is 0 Å². The fourth-order valence-electron chi connectivity index (χ4n) is 2.44. The molecule has 0 saturated heterocycles. The van der Waals surface area contributed by atoms with Gasteiger partial charge in [-0.15, -0.1) is 0 Å². The number of ether oxygens (including phenoxy) is 1. The van der Waals surface area contributed by atoms with Crippen LogP contribution in [0.3, 0.4) is 0 Å². The number of nitrogens with zero attached hydrogens (tertiary/aromatic N) is 2. The van der Waals surface area contributed by atoms with Crippen LogP contribution in [-0.2, 0) is 13.1 Å². The molecule has 0 spiro atoms. The lowest BCUT2D eigenvalue weighted by atomic mass is 10.1. The molecule has 0 aliphatic heterocycles. The highest BCUT2D eigenvalue weighted by Gasteiger charge is 2.28. The summed E-state index contributed by atoms with van der Waals surface area (Å²) in [7, 11) is 0. The highest BCUT2D eigenvalue weighted by atomic mass is 79.9. The Hall–Kier alpha value is -2.39. The number of alkyl halides is 3. The Balaban J connectivity index is 1.54. The molecule has 3 aromatic rings. The summed E-state index contributed by atoms with van der Waals surface area (Å²) in [6, 6.07) is 11.0. The molecule has 0 atom stereocenters. The first-order chi connectivity index (χ1) is 12.9. The molecule has 0 aliphatic carbocycles. The van der Waals surface area contributed by atoms with E-state index >= 15 is 0 Å². The van der Waals surface area contributed by atoms with E-state index in [0.717, 1.165) is 26.9 Å². The maximum absolute atomic E-state index is 12.1. The summed E-state index contributed by atoms with van der Waals surface area (Å²) in [5.41, 5.74) is 3.79. The van der Waals surface area contributed by atoms with Gasteiger partial charge in [-0.3, -0.25) is 5.10 Å². The lowest BCUT2D eigenvalue weighted by Gasteiger charge is -2.09. The normalized spacial score (nSPS) is 11.6. The molecule has 2 aromatic heterocycles. The Kier molecular flexibility index (Phi) is 6.12. The SMILES string of the molecule is FC(F)(F)COc1ccc(CNCc2cn[nH]c2-c2cccc(Br)c2)cn1. The van der Waals surface area contributed by atoms with Gasteiger partial charge < -0.3 is 10.1 Å². The van der Waals surface area contributed by atoms with Gasteiger partial charge in [-0.1, -0.05) is 34.1 Å². The predicted molar refractivity (Wildman–Crippen MR) is 98.1 cm³/mol. The van der Waals surface area contributed by atoms with Crippen molar-refractivity contribution < 1.29 is 17.9 Å². The van der Waals surface area contributed by atoms with Gasteiger partial charge in [0.25, 0.3) is 0 Å². The Bertz CT molecular complexity index is 881.